The van der Waals surface area contributed by atoms with Gasteiger partial charge in [-0.05, 0) is 35.9 Å². The van der Waals surface area contributed by atoms with Gasteiger partial charge >= 0.3 is 0 Å². The molecule has 1 heterocycles. The molecule has 1 amide bonds. The molecular formula is C19H21N3O. The van der Waals surface area contributed by atoms with Crippen molar-refractivity contribution in [2.24, 2.45) is 0 Å². The number of anilines is 2. The number of para-hydroxylation sites is 1. The zero-order valence-corrected chi connectivity index (χ0v) is 13.1. The smallest absolute Gasteiger partial charge is 0.246 e. The summed E-state index contributed by atoms with van der Waals surface area (Å²) in [5, 5.41) is 0. The van der Waals surface area contributed by atoms with Crippen molar-refractivity contribution in [2.45, 2.75) is 0 Å². The molecule has 2 aromatic rings. The second-order valence-electron chi connectivity index (χ2n) is 5.65. The predicted octanol–water partition coefficient (Wildman–Crippen LogP) is 2.63. The van der Waals surface area contributed by atoms with E-state index in [1.54, 1.807) is 6.08 Å². The highest BCUT2D eigenvalue weighted by atomic mass is 16.2. The minimum atomic E-state index is 0.0644. The Kier molecular flexibility index (Phi) is 4.62. The zero-order chi connectivity index (χ0) is 16.1. The maximum absolute atomic E-state index is 12.3. The van der Waals surface area contributed by atoms with Crippen molar-refractivity contribution >= 4 is 23.4 Å². The van der Waals surface area contributed by atoms with E-state index in [0.717, 1.165) is 37.4 Å². The van der Waals surface area contributed by atoms with E-state index in [9.17, 15) is 4.79 Å². The minimum absolute atomic E-state index is 0.0644. The van der Waals surface area contributed by atoms with Crippen molar-refractivity contribution in [1.29, 1.82) is 0 Å². The molecule has 0 aliphatic carbocycles. The second-order valence-corrected chi connectivity index (χ2v) is 5.65. The molecule has 4 heteroatoms. The molecule has 0 spiro atoms. The molecule has 1 saturated heterocycles. The number of carbonyl (C=O) groups is 1. The molecule has 4 nitrogen and oxygen atoms in total. The summed E-state index contributed by atoms with van der Waals surface area (Å²) < 4.78 is 0. The van der Waals surface area contributed by atoms with Crippen LogP contribution in [0, 0.1) is 0 Å². The average Bonchev–Trinajstić information content (AvgIpc) is 2.62. The number of amides is 1. The van der Waals surface area contributed by atoms with Crippen molar-refractivity contribution < 1.29 is 4.79 Å². The molecule has 0 radical (unpaired) electrons. The summed E-state index contributed by atoms with van der Waals surface area (Å²) in [6.45, 7) is 3.23. The average molecular weight is 307 g/mol. The molecule has 0 unspecified atom stereocenters. The molecule has 0 saturated carbocycles. The van der Waals surface area contributed by atoms with Gasteiger partial charge in [0.2, 0.25) is 5.91 Å². The molecule has 0 aromatic heterocycles. The van der Waals surface area contributed by atoms with Gasteiger partial charge in [-0.2, -0.15) is 0 Å². The van der Waals surface area contributed by atoms with E-state index >= 15 is 0 Å². The van der Waals surface area contributed by atoms with Gasteiger partial charge in [-0.1, -0.05) is 30.3 Å². The van der Waals surface area contributed by atoms with Gasteiger partial charge in [0.15, 0.2) is 0 Å². The third kappa shape index (κ3) is 3.92. The zero-order valence-electron chi connectivity index (χ0n) is 13.1. The van der Waals surface area contributed by atoms with Crippen molar-refractivity contribution in [3.63, 3.8) is 0 Å². The lowest BCUT2D eigenvalue weighted by molar-refractivity contribution is -0.126. The van der Waals surface area contributed by atoms with Crippen molar-refractivity contribution in [3.05, 3.63) is 66.2 Å². The first-order chi connectivity index (χ1) is 11.2. The van der Waals surface area contributed by atoms with E-state index in [-0.39, 0.29) is 5.91 Å². The Morgan fingerprint density at radius 3 is 2.22 bits per heavy atom. The molecule has 2 aromatic carbocycles. The van der Waals surface area contributed by atoms with Gasteiger partial charge in [0.05, 0.1) is 0 Å². The first-order valence-corrected chi connectivity index (χ1v) is 7.85. The largest absolute Gasteiger partial charge is 0.399 e. The van der Waals surface area contributed by atoms with Crippen LogP contribution in [0.5, 0.6) is 0 Å². The normalized spacial score (nSPS) is 15.1. The first kappa shape index (κ1) is 15.2. The molecule has 1 fully saturated rings. The maximum atomic E-state index is 12.3. The summed E-state index contributed by atoms with van der Waals surface area (Å²) in [4.78, 5) is 16.5. The molecule has 23 heavy (non-hydrogen) atoms. The fourth-order valence-electron chi connectivity index (χ4n) is 2.70. The monoisotopic (exact) mass is 307 g/mol. The number of benzene rings is 2. The van der Waals surface area contributed by atoms with Gasteiger partial charge in [-0.25, -0.2) is 0 Å². The molecule has 118 valence electrons. The van der Waals surface area contributed by atoms with Crippen LogP contribution in [0.1, 0.15) is 5.56 Å². The second kappa shape index (κ2) is 7.01. The minimum Gasteiger partial charge on any atom is -0.399 e. The highest BCUT2D eigenvalue weighted by Crippen LogP contribution is 2.16. The molecule has 1 aliphatic heterocycles. The van der Waals surface area contributed by atoms with Crippen LogP contribution in [0.25, 0.3) is 6.08 Å². The van der Waals surface area contributed by atoms with E-state index in [0.29, 0.717) is 0 Å². The van der Waals surface area contributed by atoms with Crippen LogP contribution in [0.2, 0.25) is 0 Å². The maximum Gasteiger partial charge on any atom is 0.246 e. The number of hydrogen-bond donors (Lipinski definition) is 1. The highest BCUT2D eigenvalue weighted by molar-refractivity contribution is 5.92. The summed E-state index contributed by atoms with van der Waals surface area (Å²) in [7, 11) is 0. The Morgan fingerprint density at radius 2 is 1.57 bits per heavy atom. The molecule has 1 aliphatic rings. The number of nitrogens with two attached hydrogens (primary N) is 1. The van der Waals surface area contributed by atoms with Gasteiger partial charge in [-0.3, -0.25) is 4.79 Å². The Bertz CT molecular complexity index is 672. The van der Waals surface area contributed by atoms with Gasteiger partial charge in [-0.15, -0.1) is 0 Å². The van der Waals surface area contributed by atoms with Gasteiger partial charge in [0, 0.05) is 43.6 Å². The lowest BCUT2D eigenvalue weighted by Crippen LogP contribution is -2.48. The Labute approximate surface area is 136 Å². The van der Waals surface area contributed by atoms with Gasteiger partial charge < -0.3 is 15.5 Å². The number of piperazine rings is 1. The predicted molar refractivity (Wildman–Crippen MR) is 95.1 cm³/mol. The van der Waals surface area contributed by atoms with Crippen LogP contribution in [0.3, 0.4) is 0 Å². The Balaban J connectivity index is 1.55. The van der Waals surface area contributed by atoms with Crippen LogP contribution in [0.4, 0.5) is 11.4 Å². The van der Waals surface area contributed by atoms with E-state index in [4.69, 9.17) is 5.73 Å². The first-order valence-electron chi connectivity index (χ1n) is 7.85. The van der Waals surface area contributed by atoms with Crippen molar-refractivity contribution in [2.75, 3.05) is 36.8 Å². The van der Waals surface area contributed by atoms with Crippen LogP contribution < -0.4 is 10.6 Å². The van der Waals surface area contributed by atoms with Crippen LogP contribution in [-0.2, 0) is 4.79 Å². The lowest BCUT2D eigenvalue weighted by atomic mass is 10.2. The third-order valence-electron chi connectivity index (χ3n) is 4.07. The van der Waals surface area contributed by atoms with E-state index in [2.05, 4.69) is 17.0 Å². The standard InChI is InChI=1S/C19H21N3O/c20-17-9-6-16(7-10-17)8-11-19(23)22-14-12-21(13-15-22)18-4-2-1-3-5-18/h1-11H,12-15,20H2/b11-8+. The topological polar surface area (TPSA) is 49.6 Å². The lowest BCUT2D eigenvalue weighted by Gasteiger charge is -2.35. The summed E-state index contributed by atoms with van der Waals surface area (Å²) in [6, 6.07) is 17.8. The van der Waals surface area contributed by atoms with Gasteiger partial charge in [0.25, 0.3) is 0 Å². The number of nitrogens with zero attached hydrogens (tertiary/aromatic N) is 2. The van der Waals surface area contributed by atoms with Gasteiger partial charge in [0.1, 0.15) is 0 Å². The highest BCUT2D eigenvalue weighted by Gasteiger charge is 2.19. The fraction of sp³-hybridized carbons (Fsp3) is 0.211. The molecule has 0 bridgehead atoms. The quantitative estimate of drug-likeness (QED) is 0.700. The van der Waals surface area contributed by atoms with Crippen LogP contribution in [-0.4, -0.2) is 37.0 Å². The van der Waals surface area contributed by atoms with E-state index in [1.807, 2.05) is 53.4 Å². The summed E-state index contributed by atoms with van der Waals surface area (Å²) in [5.74, 6) is 0.0644. The Morgan fingerprint density at radius 1 is 0.913 bits per heavy atom. The fourth-order valence-corrected chi connectivity index (χ4v) is 2.70. The Hall–Kier alpha value is -2.75. The molecule has 3 rings (SSSR count). The third-order valence-corrected chi connectivity index (χ3v) is 4.07. The van der Waals surface area contributed by atoms with E-state index in [1.165, 1.54) is 5.69 Å². The number of nitrogen functional groups attached to an aromatic ring is 1. The number of rotatable bonds is 3. The SMILES string of the molecule is Nc1ccc(/C=C/C(=O)N2CCN(c3ccccc3)CC2)cc1. The molecule has 0 atom stereocenters. The summed E-state index contributed by atoms with van der Waals surface area (Å²) in [6.07, 6.45) is 3.48. The molecule has 2 N–H and O–H groups in total. The van der Waals surface area contributed by atoms with Crippen molar-refractivity contribution in [3.8, 4) is 0 Å². The molecular weight excluding hydrogens is 286 g/mol. The van der Waals surface area contributed by atoms with E-state index < -0.39 is 0 Å². The number of hydrogen-bond acceptors (Lipinski definition) is 3. The summed E-state index contributed by atoms with van der Waals surface area (Å²) in [5.41, 5.74) is 8.59. The van der Waals surface area contributed by atoms with Crippen molar-refractivity contribution in [1.82, 2.24) is 4.90 Å². The van der Waals surface area contributed by atoms with Crippen LogP contribution >= 0.6 is 0 Å². The summed E-state index contributed by atoms with van der Waals surface area (Å²) >= 11 is 0. The van der Waals surface area contributed by atoms with Crippen LogP contribution in [0.15, 0.2) is 60.7 Å². The number of carbonyl (C=O) groups excluding carboxylic acids is 1.